The molecule has 0 spiro atoms. The van der Waals surface area contributed by atoms with Crippen molar-refractivity contribution in [1.29, 1.82) is 0 Å². The molecule has 146 valence electrons. The van der Waals surface area contributed by atoms with Crippen molar-refractivity contribution in [2.45, 2.75) is 38.8 Å². The summed E-state index contributed by atoms with van der Waals surface area (Å²) in [6.07, 6.45) is 5.69. The summed E-state index contributed by atoms with van der Waals surface area (Å²) < 4.78 is 2.13. The molecule has 0 saturated heterocycles. The number of aromatic nitrogens is 6. The van der Waals surface area contributed by atoms with E-state index in [1.807, 2.05) is 18.4 Å². The third kappa shape index (κ3) is 3.49. The summed E-state index contributed by atoms with van der Waals surface area (Å²) in [6.45, 7) is 2.74. The van der Waals surface area contributed by atoms with E-state index in [-0.39, 0.29) is 11.9 Å². The number of hydrogen-bond acceptors (Lipinski definition) is 7. The lowest BCUT2D eigenvalue weighted by atomic mass is 10.1. The van der Waals surface area contributed by atoms with E-state index in [0.717, 1.165) is 59.2 Å². The molecule has 1 amide bonds. The van der Waals surface area contributed by atoms with Crippen molar-refractivity contribution in [1.82, 2.24) is 35.0 Å². The number of fused-ring (bicyclic) bond motifs is 2. The zero-order valence-electron chi connectivity index (χ0n) is 15.9. The van der Waals surface area contributed by atoms with E-state index in [1.165, 1.54) is 0 Å². The number of nitrogens with zero attached hydrogens (tertiary/aromatic N) is 6. The van der Waals surface area contributed by atoms with Crippen LogP contribution in [0.15, 0.2) is 36.0 Å². The van der Waals surface area contributed by atoms with Gasteiger partial charge in [0.05, 0.1) is 16.0 Å². The number of nitrogens with one attached hydrogen (secondary N) is 1. The molecule has 1 aliphatic heterocycles. The second-order valence-electron chi connectivity index (χ2n) is 7.10. The van der Waals surface area contributed by atoms with Crippen molar-refractivity contribution in [2.24, 2.45) is 0 Å². The van der Waals surface area contributed by atoms with Gasteiger partial charge in [-0.3, -0.25) is 14.8 Å². The molecule has 5 rings (SSSR count). The minimum absolute atomic E-state index is 0.0757. The first-order valence-corrected chi connectivity index (χ1v) is 10.4. The van der Waals surface area contributed by atoms with Crippen LogP contribution in [0.4, 0.5) is 0 Å². The van der Waals surface area contributed by atoms with Crippen LogP contribution >= 0.6 is 11.3 Å². The van der Waals surface area contributed by atoms with Crippen LogP contribution in [0.2, 0.25) is 0 Å². The van der Waals surface area contributed by atoms with Crippen LogP contribution in [-0.2, 0) is 13.0 Å². The van der Waals surface area contributed by atoms with Crippen molar-refractivity contribution in [3.05, 3.63) is 52.4 Å². The minimum Gasteiger partial charge on any atom is -0.349 e. The lowest BCUT2D eigenvalue weighted by Gasteiger charge is -2.16. The molecular formula is C20H19N7OS. The van der Waals surface area contributed by atoms with Crippen molar-refractivity contribution >= 4 is 28.3 Å². The van der Waals surface area contributed by atoms with Gasteiger partial charge in [-0.05, 0) is 38.0 Å². The molecule has 1 N–H and O–H groups in total. The molecule has 4 heterocycles. The highest BCUT2D eigenvalue weighted by Gasteiger charge is 2.23. The molecule has 8 nitrogen and oxygen atoms in total. The molecule has 0 fully saturated rings. The number of rotatable bonds is 3. The maximum absolute atomic E-state index is 12.8. The zero-order valence-corrected chi connectivity index (χ0v) is 16.7. The normalized spacial score (nSPS) is 16.4. The monoisotopic (exact) mass is 405 g/mol. The fraction of sp³-hybridized carbons (Fsp3) is 0.300. The van der Waals surface area contributed by atoms with Crippen LogP contribution in [0, 0.1) is 6.92 Å². The highest BCUT2D eigenvalue weighted by molar-refractivity contribution is 7.09. The summed E-state index contributed by atoms with van der Waals surface area (Å²) in [6, 6.07) is 5.48. The molecular weight excluding hydrogens is 386 g/mol. The molecule has 1 aliphatic rings. The van der Waals surface area contributed by atoms with Crippen molar-refractivity contribution < 1.29 is 4.79 Å². The summed E-state index contributed by atoms with van der Waals surface area (Å²) in [7, 11) is 0. The minimum atomic E-state index is -0.0874. The van der Waals surface area contributed by atoms with Gasteiger partial charge in [0.1, 0.15) is 11.5 Å². The molecule has 1 atom stereocenters. The Labute approximate surface area is 171 Å². The Morgan fingerprint density at radius 3 is 2.86 bits per heavy atom. The van der Waals surface area contributed by atoms with E-state index < -0.39 is 0 Å². The molecule has 0 bridgehead atoms. The predicted molar refractivity (Wildman–Crippen MR) is 110 cm³/mol. The fourth-order valence-electron chi connectivity index (χ4n) is 3.66. The van der Waals surface area contributed by atoms with Gasteiger partial charge in [-0.15, -0.1) is 21.5 Å². The second kappa shape index (κ2) is 7.32. The first kappa shape index (κ1) is 17.9. The van der Waals surface area contributed by atoms with Gasteiger partial charge in [-0.2, -0.15) is 0 Å². The maximum atomic E-state index is 12.8. The second-order valence-corrected chi connectivity index (χ2v) is 8.16. The smallest absolute Gasteiger partial charge is 0.251 e. The lowest BCUT2D eigenvalue weighted by molar-refractivity contribution is 0.0933. The van der Waals surface area contributed by atoms with Crippen LogP contribution in [0.25, 0.3) is 22.6 Å². The number of carbonyl (C=O) groups is 1. The number of carbonyl (C=O) groups excluding carboxylic acids is 1. The summed E-state index contributed by atoms with van der Waals surface area (Å²) >= 11 is 1.61. The Morgan fingerprint density at radius 1 is 1.17 bits per heavy atom. The Kier molecular flexibility index (Phi) is 4.51. The molecule has 1 aromatic carbocycles. The van der Waals surface area contributed by atoms with Crippen LogP contribution in [0.5, 0.6) is 0 Å². The molecule has 4 aromatic rings. The van der Waals surface area contributed by atoms with Gasteiger partial charge in [-0.1, -0.05) is 0 Å². The standard InChI is InChI=1S/C20H19N7OS/c1-12-23-17(11-29-12)19-26-25-18-5-3-14(6-9-27(18)19)24-20(28)13-2-4-15-16(10-13)22-8-7-21-15/h2,4,7-8,10-11,14H,3,5-6,9H2,1H3,(H,24,28). The van der Waals surface area contributed by atoms with E-state index in [9.17, 15) is 4.79 Å². The summed E-state index contributed by atoms with van der Waals surface area (Å²) in [5, 5.41) is 14.9. The van der Waals surface area contributed by atoms with E-state index in [1.54, 1.807) is 35.9 Å². The molecule has 0 saturated carbocycles. The van der Waals surface area contributed by atoms with E-state index in [2.05, 4.69) is 35.0 Å². The Morgan fingerprint density at radius 2 is 2.03 bits per heavy atom. The SMILES string of the molecule is Cc1nc(-c2nnc3n2CCC(NC(=O)c2ccc4nccnc4c2)CC3)cs1. The van der Waals surface area contributed by atoms with Crippen molar-refractivity contribution in [3.63, 3.8) is 0 Å². The van der Waals surface area contributed by atoms with Crippen molar-refractivity contribution in [3.8, 4) is 11.5 Å². The van der Waals surface area contributed by atoms with E-state index >= 15 is 0 Å². The summed E-state index contributed by atoms with van der Waals surface area (Å²) in [4.78, 5) is 25.8. The highest BCUT2D eigenvalue weighted by Crippen LogP contribution is 2.24. The van der Waals surface area contributed by atoms with E-state index in [0.29, 0.717) is 5.56 Å². The van der Waals surface area contributed by atoms with Gasteiger partial charge in [0.15, 0.2) is 5.82 Å². The number of hydrogen-bond donors (Lipinski definition) is 1. The average molecular weight is 405 g/mol. The third-order valence-electron chi connectivity index (χ3n) is 5.16. The van der Waals surface area contributed by atoms with Crippen LogP contribution in [0.1, 0.15) is 34.0 Å². The Balaban J connectivity index is 1.30. The first-order chi connectivity index (χ1) is 14.2. The zero-order chi connectivity index (χ0) is 19.8. The number of benzene rings is 1. The van der Waals surface area contributed by atoms with Gasteiger partial charge in [0, 0.05) is 42.3 Å². The van der Waals surface area contributed by atoms with Crippen LogP contribution in [-0.4, -0.2) is 41.7 Å². The van der Waals surface area contributed by atoms with Gasteiger partial charge >= 0.3 is 0 Å². The number of thiazole rings is 1. The van der Waals surface area contributed by atoms with Crippen molar-refractivity contribution in [2.75, 3.05) is 0 Å². The number of aryl methyl sites for hydroxylation is 2. The van der Waals surface area contributed by atoms with Gasteiger partial charge < -0.3 is 9.88 Å². The average Bonchev–Trinajstić information content (AvgIpc) is 3.30. The number of amides is 1. The quantitative estimate of drug-likeness (QED) is 0.563. The Bertz CT molecular complexity index is 1200. The Hall–Kier alpha value is -3.20. The fourth-order valence-corrected chi connectivity index (χ4v) is 4.25. The van der Waals surface area contributed by atoms with Gasteiger partial charge in [0.2, 0.25) is 0 Å². The maximum Gasteiger partial charge on any atom is 0.251 e. The summed E-state index contributed by atoms with van der Waals surface area (Å²) in [5.74, 6) is 1.67. The lowest BCUT2D eigenvalue weighted by Crippen LogP contribution is -2.35. The molecule has 0 aliphatic carbocycles. The predicted octanol–water partition coefficient (Wildman–Crippen LogP) is 2.79. The van der Waals surface area contributed by atoms with E-state index in [4.69, 9.17) is 0 Å². The van der Waals surface area contributed by atoms with Crippen LogP contribution < -0.4 is 5.32 Å². The highest BCUT2D eigenvalue weighted by atomic mass is 32.1. The summed E-state index contributed by atoms with van der Waals surface area (Å²) in [5.41, 5.74) is 2.96. The molecule has 0 radical (unpaired) electrons. The van der Waals surface area contributed by atoms with Gasteiger partial charge in [-0.25, -0.2) is 4.98 Å². The molecule has 1 unspecified atom stereocenters. The topological polar surface area (TPSA) is 98.5 Å². The molecule has 29 heavy (non-hydrogen) atoms. The third-order valence-corrected chi connectivity index (χ3v) is 5.93. The first-order valence-electron chi connectivity index (χ1n) is 9.53. The van der Waals surface area contributed by atoms with Gasteiger partial charge in [0.25, 0.3) is 5.91 Å². The largest absolute Gasteiger partial charge is 0.349 e. The molecule has 3 aromatic heterocycles. The molecule has 9 heteroatoms. The van der Waals surface area contributed by atoms with Crippen LogP contribution in [0.3, 0.4) is 0 Å².